The Hall–Kier alpha value is -3.84. The number of ether oxygens (including phenoxy) is 3. The van der Waals surface area contributed by atoms with Crippen molar-refractivity contribution in [3.8, 4) is 11.5 Å². The first kappa shape index (κ1) is 25.8. The molecule has 2 N–H and O–H groups in total. The highest BCUT2D eigenvalue weighted by Gasteiger charge is 2.31. The Kier molecular flexibility index (Phi) is 8.14. The topological polar surface area (TPSA) is 153 Å². The van der Waals surface area contributed by atoms with Crippen molar-refractivity contribution in [3.63, 3.8) is 0 Å². The minimum atomic E-state index is -4.07. The van der Waals surface area contributed by atoms with Crippen LogP contribution >= 0.6 is 0 Å². The number of rotatable bonds is 10. The number of furan rings is 1. The fourth-order valence-electron chi connectivity index (χ4n) is 3.23. The number of carbonyl (C=O) groups excluding carboxylic acids is 3. The first-order valence-electron chi connectivity index (χ1n) is 10.4. The van der Waals surface area contributed by atoms with Crippen LogP contribution in [0.4, 0.5) is 4.79 Å². The number of urea groups is 1. The lowest BCUT2D eigenvalue weighted by Crippen LogP contribution is -2.41. The normalized spacial score (nSPS) is 14.6. The van der Waals surface area contributed by atoms with Gasteiger partial charge in [-0.3, -0.25) is 9.69 Å². The smallest absolute Gasteiger partial charge is 0.331 e. The number of nitrogens with zero attached hydrogens (tertiary/aromatic N) is 1. The lowest BCUT2D eigenvalue weighted by Gasteiger charge is -2.17. The first-order chi connectivity index (χ1) is 16.7. The molecular weight excluding hydrogens is 482 g/mol. The van der Waals surface area contributed by atoms with Gasteiger partial charge >= 0.3 is 12.0 Å². The molecule has 12 nitrogen and oxygen atoms in total. The van der Waals surface area contributed by atoms with Crippen LogP contribution in [0.15, 0.2) is 45.9 Å². The van der Waals surface area contributed by atoms with Crippen molar-refractivity contribution in [3.05, 3.63) is 47.9 Å². The Morgan fingerprint density at radius 3 is 2.66 bits per heavy atom. The molecule has 0 bridgehead atoms. The van der Waals surface area contributed by atoms with Gasteiger partial charge in [0.15, 0.2) is 17.6 Å². The number of hydrogen-bond donors (Lipinski definition) is 2. The summed E-state index contributed by atoms with van der Waals surface area (Å²) in [5, 5.41) is 2.49. The molecule has 2 aromatic rings. The number of benzene rings is 1. The molecule has 1 aromatic heterocycles. The van der Waals surface area contributed by atoms with Gasteiger partial charge in [0.05, 0.1) is 27.0 Å². The highest BCUT2D eigenvalue weighted by Crippen LogP contribution is 2.36. The van der Waals surface area contributed by atoms with Crippen molar-refractivity contribution in [2.24, 2.45) is 0 Å². The maximum Gasteiger partial charge on any atom is 0.331 e. The largest absolute Gasteiger partial charge is 0.493 e. The number of imide groups is 1. The SMILES string of the molecule is COc1cc(/C=C/C(=O)OC(C)C(=O)N2CCNC2=O)cc(S(=O)(=O)NCc2ccco2)c1OC. The molecule has 13 heteroatoms. The van der Waals surface area contributed by atoms with E-state index >= 15 is 0 Å². The van der Waals surface area contributed by atoms with Crippen LogP contribution in [0.2, 0.25) is 0 Å². The van der Waals surface area contributed by atoms with Gasteiger partial charge in [0, 0.05) is 19.2 Å². The van der Waals surface area contributed by atoms with Crippen molar-refractivity contribution < 1.29 is 41.4 Å². The van der Waals surface area contributed by atoms with Crippen LogP contribution in [0.1, 0.15) is 18.2 Å². The number of hydrogen-bond acceptors (Lipinski definition) is 9. The number of amides is 3. The predicted octanol–water partition coefficient (Wildman–Crippen LogP) is 1.27. The minimum absolute atomic E-state index is 0.0257. The zero-order valence-corrected chi connectivity index (χ0v) is 20.1. The Morgan fingerprint density at radius 1 is 1.29 bits per heavy atom. The van der Waals surface area contributed by atoms with E-state index in [1.165, 1.54) is 45.6 Å². The third-order valence-electron chi connectivity index (χ3n) is 4.95. The number of sulfonamides is 1. The summed E-state index contributed by atoms with van der Waals surface area (Å²) in [7, 11) is -1.43. The van der Waals surface area contributed by atoms with Gasteiger partial charge in [-0.15, -0.1) is 0 Å². The van der Waals surface area contributed by atoms with Crippen LogP contribution < -0.4 is 19.5 Å². The van der Waals surface area contributed by atoms with Gasteiger partial charge in [-0.1, -0.05) is 0 Å². The molecule has 0 saturated carbocycles. The highest BCUT2D eigenvalue weighted by atomic mass is 32.2. The monoisotopic (exact) mass is 507 g/mol. The second-order valence-corrected chi connectivity index (χ2v) is 9.03. The van der Waals surface area contributed by atoms with Crippen molar-refractivity contribution in [1.29, 1.82) is 0 Å². The van der Waals surface area contributed by atoms with E-state index in [0.29, 0.717) is 12.3 Å². The molecule has 0 radical (unpaired) electrons. The first-order valence-corrected chi connectivity index (χ1v) is 11.9. The second kappa shape index (κ2) is 11.1. The van der Waals surface area contributed by atoms with Crippen molar-refractivity contribution in [2.45, 2.75) is 24.5 Å². The molecule has 1 aliphatic rings. The number of carbonyl (C=O) groups is 3. The van der Waals surface area contributed by atoms with E-state index in [1.54, 1.807) is 12.1 Å². The lowest BCUT2D eigenvalue weighted by molar-refractivity contribution is -0.153. The summed E-state index contributed by atoms with van der Waals surface area (Å²) in [6.07, 6.45) is 2.56. The average Bonchev–Trinajstić information content (AvgIpc) is 3.52. The van der Waals surface area contributed by atoms with E-state index in [4.69, 9.17) is 18.6 Å². The molecule has 0 spiro atoms. The van der Waals surface area contributed by atoms with Crippen LogP contribution in [-0.2, 0) is 30.9 Å². The van der Waals surface area contributed by atoms with E-state index in [1.807, 2.05) is 0 Å². The van der Waals surface area contributed by atoms with Gasteiger partial charge in [-0.2, -0.15) is 0 Å². The molecule has 188 valence electrons. The molecule has 0 aliphatic carbocycles. The van der Waals surface area contributed by atoms with Crippen molar-refractivity contribution >= 4 is 34.0 Å². The summed E-state index contributed by atoms with van der Waals surface area (Å²) in [4.78, 5) is 36.9. The van der Waals surface area contributed by atoms with E-state index in [-0.39, 0.29) is 35.0 Å². The summed E-state index contributed by atoms with van der Waals surface area (Å²) < 4.78 is 49.1. The molecule has 35 heavy (non-hydrogen) atoms. The van der Waals surface area contributed by atoms with Gasteiger partial charge in [0.25, 0.3) is 5.91 Å². The van der Waals surface area contributed by atoms with Crippen LogP contribution in [0, 0.1) is 0 Å². The fraction of sp³-hybridized carbons (Fsp3) is 0.318. The molecular formula is C22H25N3O9S. The van der Waals surface area contributed by atoms with Gasteiger partial charge in [-0.05, 0) is 42.8 Å². The Balaban J connectivity index is 1.77. The average molecular weight is 508 g/mol. The minimum Gasteiger partial charge on any atom is -0.493 e. The summed E-state index contributed by atoms with van der Waals surface area (Å²) in [6.45, 7) is 1.78. The quantitative estimate of drug-likeness (QED) is 0.357. The van der Waals surface area contributed by atoms with E-state index in [0.717, 1.165) is 11.0 Å². The second-order valence-electron chi connectivity index (χ2n) is 7.29. The Labute approximate surface area is 201 Å². The molecule has 2 heterocycles. The maximum absolute atomic E-state index is 13.0. The van der Waals surface area contributed by atoms with Crippen LogP contribution in [0.5, 0.6) is 11.5 Å². The molecule has 1 fully saturated rings. The summed E-state index contributed by atoms with van der Waals surface area (Å²) in [5.41, 5.74) is 0.288. The maximum atomic E-state index is 13.0. The standard InChI is InChI=1S/C22H25N3O9S/c1-14(21(27)25-9-8-23-22(25)28)34-19(26)7-6-15-11-17(31-2)20(32-3)18(12-15)35(29,30)24-13-16-5-4-10-33-16/h4-7,10-12,14,24H,8-9,13H2,1-3H3,(H,23,28)/b7-6+. The number of methoxy groups -OCH3 is 2. The molecule has 3 amide bonds. The molecule has 1 unspecified atom stereocenters. The van der Waals surface area contributed by atoms with Crippen LogP contribution in [0.3, 0.4) is 0 Å². The van der Waals surface area contributed by atoms with Crippen LogP contribution in [-0.4, -0.2) is 64.6 Å². The van der Waals surface area contributed by atoms with E-state index in [9.17, 15) is 22.8 Å². The van der Waals surface area contributed by atoms with Crippen molar-refractivity contribution in [2.75, 3.05) is 27.3 Å². The summed E-state index contributed by atoms with van der Waals surface area (Å²) in [6, 6.07) is 5.46. The molecule has 1 atom stereocenters. The number of nitrogens with one attached hydrogen (secondary N) is 2. The molecule has 1 aliphatic heterocycles. The third kappa shape index (κ3) is 6.19. The Bertz CT molecular complexity index is 1220. The van der Waals surface area contributed by atoms with Gasteiger partial charge in [-0.25, -0.2) is 22.7 Å². The Morgan fingerprint density at radius 2 is 2.06 bits per heavy atom. The molecule has 1 saturated heterocycles. The van der Waals surface area contributed by atoms with E-state index in [2.05, 4.69) is 10.0 Å². The zero-order valence-electron chi connectivity index (χ0n) is 19.3. The lowest BCUT2D eigenvalue weighted by atomic mass is 10.2. The highest BCUT2D eigenvalue weighted by molar-refractivity contribution is 7.89. The van der Waals surface area contributed by atoms with Gasteiger partial charge < -0.3 is 23.9 Å². The van der Waals surface area contributed by atoms with Gasteiger partial charge in [0.1, 0.15) is 10.7 Å². The summed E-state index contributed by atoms with van der Waals surface area (Å²) in [5.74, 6) is -1.01. The van der Waals surface area contributed by atoms with E-state index < -0.39 is 34.0 Å². The fourth-order valence-corrected chi connectivity index (χ4v) is 4.44. The molecule has 3 rings (SSSR count). The van der Waals surface area contributed by atoms with Crippen LogP contribution in [0.25, 0.3) is 6.08 Å². The number of esters is 1. The zero-order chi connectivity index (χ0) is 25.6. The van der Waals surface area contributed by atoms with Crippen molar-refractivity contribution in [1.82, 2.24) is 14.9 Å². The third-order valence-corrected chi connectivity index (χ3v) is 6.36. The summed E-state index contributed by atoms with van der Waals surface area (Å²) >= 11 is 0. The van der Waals surface area contributed by atoms with Gasteiger partial charge in [0.2, 0.25) is 10.0 Å². The molecule has 1 aromatic carbocycles. The predicted molar refractivity (Wildman–Crippen MR) is 122 cm³/mol.